The van der Waals surface area contributed by atoms with Gasteiger partial charge in [-0.05, 0) is 42.8 Å². The van der Waals surface area contributed by atoms with Crippen molar-refractivity contribution in [3.05, 3.63) is 60.2 Å². The first-order valence-corrected chi connectivity index (χ1v) is 7.62. The number of para-hydroxylation sites is 1. The van der Waals surface area contributed by atoms with E-state index in [9.17, 15) is 4.79 Å². The van der Waals surface area contributed by atoms with Crippen LogP contribution >= 0.6 is 0 Å². The van der Waals surface area contributed by atoms with E-state index in [2.05, 4.69) is 11.9 Å². The van der Waals surface area contributed by atoms with Gasteiger partial charge in [0.25, 0.3) is 0 Å². The monoisotopic (exact) mass is 306 g/mol. The van der Waals surface area contributed by atoms with Crippen molar-refractivity contribution in [3.63, 3.8) is 0 Å². The average Bonchev–Trinajstić information content (AvgIpc) is 2.59. The minimum absolute atomic E-state index is 0.451. The van der Waals surface area contributed by atoms with E-state index in [1.807, 2.05) is 48.5 Å². The van der Waals surface area contributed by atoms with Crippen LogP contribution in [-0.4, -0.2) is 17.5 Å². The third kappa shape index (κ3) is 3.16. The van der Waals surface area contributed by atoms with E-state index in [1.54, 1.807) is 6.07 Å². The standard InChI is InChI=1S/C19H18N2O2/c1-2-11-23-14-9-7-13(8-10-14)18-12-16(19(20)22)15-5-3-4-6-17(15)21-18/h3-10,12H,2,11H2,1H3,(H2,20,22). The maximum atomic E-state index is 11.7. The quantitative estimate of drug-likeness (QED) is 0.780. The molecule has 3 rings (SSSR count). The van der Waals surface area contributed by atoms with Crippen molar-refractivity contribution in [2.45, 2.75) is 13.3 Å². The number of nitrogens with two attached hydrogens (primary N) is 1. The first-order valence-electron chi connectivity index (χ1n) is 7.62. The number of aromatic nitrogens is 1. The van der Waals surface area contributed by atoms with E-state index in [-0.39, 0.29) is 0 Å². The van der Waals surface area contributed by atoms with E-state index in [1.165, 1.54) is 0 Å². The Morgan fingerprint density at radius 1 is 1.13 bits per heavy atom. The Hall–Kier alpha value is -2.88. The molecule has 0 radical (unpaired) electrons. The van der Waals surface area contributed by atoms with Crippen molar-refractivity contribution in [2.24, 2.45) is 5.73 Å². The molecule has 2 N–H and O–H groups in total. The summed E-state index contributed by atoms with van der Waals surface area (Å²) in [4.78, 5) is 16.4. The van der Waals surface area contributed by atoms with E-state index < -0.39 is 5.91 Å². The lowest BCUT2D eigenvalue weighted by molar-refractivity contribution is 0.100. The summed E-state index contributed by atoms with van der Waals surface area (Å²) in [5, 5.41) is 0.770. The molecule has 0 spiro atoms. The maximum absolute atomic E-state index is 11.7. The summed E-state index contributed by atoms with van der Waals surface area (Å²) in [6, 6.07) is 16.9. The van der Waals surface area contributed by atoms with Crippen molar-refractivity contribution in [3.8, 4) is 17.0 Å². The minimum atomic E-state index is -0.451. The Bertz CT molecular complexity index is 842. The van der Waals surface area contributed by atoms with Crippen LogP contribution < -0.4 is 10.5 Å². The highest BCUT2D eigenvalue weighted by Gasteiger charge is 2.11. The van der Waals surface area contributed by atoms with E-state index in [4.69, 9.17) is 10.5 Å². The molecule has 0 saturated carbocycles. The molecule has 0 atom stereocenters. The highest BCUT2D eigenvalue weighted by atomic mass is 16.5. The van der Waals surface area contributed by atoms with Crippen LogP contribution in [0.1, 0.15) is 23.7 Å². The molecule has 1 aromatic heterocycles. The fourth-order valence-corrected chi connectivity index (χ4v) is 2.47. The molecule has 0 aliphatic carbocycles. The summed E-state index contributed by atoms with van der Waals surface area (Å²) in [5.41, 5.74) is 8.40. The summed E-state index contributed by atoms with van der Waals surface area (Å²) in [6.45, 7) is 2.76. The Kier molecular flexibility index (Phi) is 4.24. The molecule has 116 valence electrons. The minimum Gasteiger partial charge on any atom is -0.494 e. The molecule has 23 heavy (non-hydrogen) atoms. The molecular formula is C19H18N2O2. The van der Waals surface area contributed by atoms with Gasteiger partial charge in [-0.25, -0.2) is 4.98 Å². The van der Waals surface area contributed by atoms with Crippen LogP contribution in [0.5, 0.6) is 5.75 Å². The van der Waals surface area contributed by atoms with Crippen molar-refractivity contribution in [1.82, 2.24) is 4.98 Å². The van der Waals surface area contributed by atoms with Crippen LogP contribution in [0.15, 0.2) is 54.6 Å². The third-order valence-electron chi connectivity index (χ3n) is 3.60. The molecule has 3 aromatic rings. The summed E-state index contributed by atoms with van der Waals surface area (Å²) >= 11 is 0. The van der Waals surface area contributed by atoms with Crippen LogP contribution in [-0.2, 0) is 0 Å². The zero-order chi connectivity index (χ0) is 16.2. The second kappa shape index (κ2) is 6.48. The fourth-order valence-electron chi connectivity index (χ4n) is 2.47. The van der Waals surface area contributed by atoms with Gasteiger partial charge in [-0.15, -0.1) is 0 Å². The van der Waals surface area contributed by atoms with Crippen molar-refractivity contribution in [2.75, 3.05) is 6.61 Å². The van der Waals surface area contributed by atoms with Gasteiger partial charge in [-0.2, -0.15) is 0 Å². The van der Waals surface area contributed by atoms with Crippen molar-refractivity contribution in [1.29, 1.82) is 0 Å². The largest absolute Gasteiger partial charge is 0.494 e. The van der Waals surface area contributed by atoms with Crippen LogP contribution in [0.4, 0.5) is 0 Å². The zero-order valence-corrected chi connectivity index (χ0v) is 13.0. The predicted molar refractivity (Wildman–Crippen MR) is 91.5 cm³/mol. The lowest BCUT2D eigenvalue weighted by atomic mass is 10.0. The number of pyridine rings is 1. The predicted octanol–water partition coefficient (Wildman–Crippen LogP) is 3.79. The molecule has 0 fully saturated rings. The van der Waals surface area contributed by atoms with Gasteiger partial charge in [0.15, 0.2) is 0 Å². The lowest BCUT2D eigenvalue weighted by Crippen LogP contribution is -2.12. The van der Waals surface area contributed by atoms with Crippen molar-refractivity contribution >= 4 is 16.8 Å². The van der Waals surface area contributed by atoms with Gasteiger partial charge < -0.3 is 10.5 Å². The first-order chi connectivity index (χ1) is 11.2. The molecule has 0 aliphatic heterocycles. The summed E-state index contributed by atoms with van der Waals surface area (Å²) < 4.78 is 5.58. The lowest BCUT2D eigenvalue weighted by Gasteiger charge is -2.09. The molecular weight excluding hydrogens is 288 g/mol. The second-order valence-corrected chi connectivity index (χ2v) is 5.31. The Balaban J connectivity index is 2.04. The molecule has 0 saturated heterocycles. The van der Waals surface area contributed by atoms with Gasteiger partial charge in [0.1, 0.15) is 5.75 Å². The van der Waals surface area contributed by atoms with Crippen LogP contribution in [0.2, 0.25) is 0 Å². The summed E-state index contributed by atoms with van der Waals surface area (Å²) in [7, 11) is 0. The van der Waals surface area contributed by atoms with Crippen LogP contribution in [0, 0.1) is 0 Å². The van der Waals surface area contributed by atoms with Gasteiger partial charge in [0.2, 0.25) is 5.91 Å². The number of ether oxygens (including phenoxy) is 1. The number of benzene rings is 2. The van der Waals surface area contributed by atoms with Gasteiger partial charge in [0.05, 0.1) is 23.4 Å². The summed E-state index contributed by atoms with van der Waals surface area (Å²) in [5.74, 6) is 0.374. The third-order valence-corrected chi connectivity index (χ3v) is 3.60. The van der Waals surface area contributed by atoms with Gasteiger partial charge >= 0.3 is 0 Å². The van der Waals surface area contributed by atoms with Crippen LogP contribution in [0.25, 0.3) is 22.2 Å². The number of fused-ring (bicyclic) bond motifs is 1. The summed E-state index contributed by atoms with van der Waals surface area (Å²) in [6.07, 6.45) is 0.968. The number of nitrogens with zero attached hydrogens (tertiary/aromatic N) is 1. The number of hydrogen-bond acceptors (Lipinski definition) is 3. The van der Waals surface area contributed by atoms with Crippen molar-refractivity contribution < 1.29 is 9.53 Å². The van der Waals surface area contributed by atoms with E-state index >= 15 is 0 Å². The number of primary amides is 1. The van der Waals surface area contributed by atoms with E-state index in [0.29, 0.717) is 12.2 Å². The van der Waals surface area contributed by atoms with Gasteiger partial charge in [0, 0.05) is 10.9 Å². The van der Waals surface area contributed by atoms with Gasteiger partial charge in [-0.3, -0.25) is 4.79 Å². The highest BCUT2D eigenvalue weighted by molar-refractivity contribution is 6.06. The zero-order valence-electron chi connectivity index (χ0n) is 13.0. The number of rotatable bonds is 5. The fraction of sp³-hybridized carbons (Fsp3) is 0.158. The Morgan fingerprint density at radius 2 is 1.87 bits per heavy atom. The SMILES string of the molecule is CCCOc1ccc(-c2cc(C(N)=O)c3ccccc3n2)cc1. The maximum Gasteiger partial charge on any atom is 0.249 e. The highest BCUT2D eigenvalue weighted by Crippen LogP contribution is 2.26. The molecule has 1 heterocycles. The van der Waals surface area contributed by atoms with Crippen LogP contribution in [0.3, 0.4) is 0 Å². The molecule has 4 heteroatoms. The molecule has 0 aliphatic rings. The Labute approximate surface area is 134 Å². The Morgan fingerprint density at radius 3 is 2.57 bits per heavy atom. The number of hydrogen-bond donors (Lipinski definition) is 1. The molecule has 0 bridgehead atoms. The normalized spacial score (nSPS) is 10.7. The molecule has 1 amide bonds. The molecule has 2 aromatic carbocycles. The molecule has 4 nitrogen and oxygen atoms in total. The average molecular weight is 306 g/mol. The van der Waals surface area contributed by atoms with Gasteiger partial charge in [-0.1, -0.05) is 25.1 Å². The number of amides is 1. The van der Waals surface area contributed by atoms with E-state index in [0.717, 1.165) is 34.3 Å². The second-order valence-electron chi connectivity index (χ2n) is 5.31. The molecule has 0 unspecified atom stereocenters. The number of carbonyl (C=O) groups excluding carboxylic acids is 1. The number of carbonyl (C=O) groups is 1. The topological polar surface area (TPSA) is 65.2 Å². The first kappa shape index (κ1) is 15.0. The smallest absolute Gasteiger partial charge is 0.249 e.